The molecular weight excluding hydrogens is 214 g/mol. The minimum Gasteiger partial charge on any atom is -0.377 e. The highest BCUT2D eigenvalue weighted by molar-refractivity contribution is 5.94. The molecule has 0 N–H and O–H groups in total. The summed E-state index contributed by atoms with van der Waals surface area (Å²) in [4.78, 5) is 14.4. The highest BCUT2D eigenvalue weighted by atomic mass is 16.5. The van der Waals surface area contributed by atoms with Gasteiger partial charge in [-0.05, 0) is 32.9 Å². The van der Waals surface area contributed by atoms with E-state index in [0.29, 0.717) is 13.2 Å². The number of hydrogen-bond acceptors (Lipinski definition) is 2. The van der Waals surface area contributed by atoms with Crippen LogP contribution in [0.15, 0.2) is 24.3 Å². The van der Waals surface area contributed by atoms with Crippen molar-refractivity contribution < 1.29 is 9.53 Å². The molecular formula is C14H19NO2. The van der Waals surface area contributed by atoms with E-state index < -0.39 is 0 Å². The highest BCUT2D eigenvalue weighted by Gasteiger charge is 2.30. The molecule has 0 radical (unpaired) electrons. The lowest BCUT2D eigenvalue weighted by Crippen LogP contribution is -2.52. The van der Waals surface area contributed by atoms with Crippen molar-refractivity contribution in [3.05, 3.63) is 35.4 Å². The predicted molar refractivity (Wildman–Crippen MR) is 67.1 cm³/mol. The monoisotopic (exact) mass is 233 g/mol. The van der Waals surface area contributed by atoms with Gasteiger partial charge in [-0.1, -0.05) is 17.7 Å². The Bertz CT molecular complexity index is 406. The van der Waals surface area contributed by atoms with Crippen molar-refractivity contribution in [2.45, 2.75) is 32.9 Å². The average molecular weight is 233 g/mol. The fraction of sp³-hybridized carbons (Fsp3) is 0.500. The van der Waals surface area contributed by atoms with Gasteiger partial charge in [-0.25, -0.2) is 0 Å². The molecule has 3 heteroatoms. The summed E-state index contributed by atoms with van der Waals surface area (Å²) in [5.74, 6) is 0.108. The number of hydrogen-bond donors (Lipinski definition) is 0. The summed E-state index contributed by atoms with van der Waals surface area (Å²) in [7, 11) is 0. The van der Waals surface area contributed by atoms with Crippen molar-refractivity contribution >= 4 is 5.91 Å². The van der Waals surface area contributed by atoms with Crippen molar-refractivity contribution in [1.82, 2.24) is 4.90 Å². The van der Waals surface area contributed by atoms with Crippen LogP contribution in [0, 0.1) is 6.92 Å². The van der Waals surface area contributed by atoms with Gasteiger partial charge in [0.1, 0.15) is 0 Å². The fourth-order valence-electron chi connectivity index (χ4n) is 2.33. The van der Waals surface area contributed by atoms with Crippen LogP contribution in [0.4, 0.5) is 0 Å². The maximum atomic E-state index is 12.4. The molecule has 1 amide bonds. The van der Waals surface area contributed by atoms with Gasteiger partial charge in [0.25, 0.3) is 5.91 Å². The van der Waals surface area contributed by atoms with Crippen molar-refractivity contribution in [1.29, 1.82) is 0 Å². The smallest absolute Gasteiger partial charge is 0.254 e. The molecule has 1 saturated heterocycles. The molecule has 92 valence electrons. The molecule has 1 heterocycles. The molecule has 2 atom stereocenters. The standard InChI is InChI=1S/C14H19NO2/c1-10-5-4-6-13(7-10)14(16)15-11(2)8-17-9-12(15)3/h4-7,11-12H,8-9H2,1-3H3. The SMILES string of the molecule is Cc1cccc(C(=O)N2C(C)COCC2C)c1. The minimum absolute atomic E-state index is 0.108. The van der Waals surface area contributed by atoms with E-state index in [1.807, 2.05) is 49.9 Å². The second kappa shape index (κ2) is 4.88. The number of rotatable bonds is 1. The molecule has 0 bridgehead atoms. The van der Waals surface area contributed by atoms with E-state index in [-0.39, 0.29) is 18.0 Å². The molecule has 0 aliphatic carbocycles. The Labute approximate surface area is 102 Å². The molecule has 1 aliphatic rings. The maximum Gasteiger partial charge on any atom is 0.254 e. The Morgan fingerprint density at radius 1 is 1.29 bits per heavy atom. The van der Waals surface area contributed by atoms with Crippen molar-refractivity contribution in [2.24, 2.45) is 0 Å². The Kier molecular flexibility index (Phi) is 3.48. The second-order valence-corrected chi connectivity index (χ2v) is 4.82. The zero-order valence-electron chi connectivity index (χ0n) is 10.6. The van der Waals surface area contributed by atoms with Crippen molar-refractivity contribution in [3.8, 4) is 0 Å². The predicted octanol–water partition coefficient (Wildman–Crippen LogP) is 2.24. The van der Waals surface area contributed by atoms with Gasteiger partial charge in [0.2, 0.25) is 0 Å². The summed E-state index contributed by atoms with van der Waals surface area (Å²) in [6, 6.07) is 8.04. The van der Waals surface area contributed by atoms with Gasteiger partial charge >= 0.3 is 0 Å². The summed E-state index contributed by atoms with van der Waals surface area (Å²) < 4.78 is 5.44. The molecule has 3 nitrogen and oxygen atoms in total. The second-order valence-electron chi connectivity index (χ2n) is 4.82. The summed E-state index contributed by atoms with van der Waals surface area (Å²) in [5, 5.41) is 0. The number of carbonyl (C=O) groups excluding carboxylic acids is 1. The van der Waals surface area contributed by atoms with Gasteiger partial charge in [0.15, 0.2) is 0 Å². The molecule has 17 heavy (non-hydrogen) atoms. The highest BCUT2D eigenvalue weighted by Crippen LogP contribution is 2.17. The summed E-state index contributed by atoms with van der Waals surface area (Å²) in [6.07, 6.45) is 0. The third kappa shape index (κ3) is 2.50. The van der Waals surface area contributed by atoms with Gasteiger partial charge in [-0.2, -0.15) is 0 Å². The van der Waals surface area contributed by atoms with Crippen LogP contribution in [-0.4, -0.2) is 36.1 Å². The lowest BCUT2D eigenvalue weighted by Gasteiger charge is -2.38. The van der Waals surface area contributed by atoms with E-state index in [1.54, 1.807) is 0 Å². The number of amides is 1. The number of ether oxygens (including phenoxy) is 1. The molecule has 0 saturated carbocycles. The van der Waals surface area contributed by atoms with Crippen LogP contribution in [0.5, 0.6) is 0 Å². The first-order valence-electron chi connectivity index (χ1n) is 6.06. The maximum absolute atomic E-state index is 12.4. The topological polar surface area (TPSA) is 29.5 Å². The normalized spacial score (nSPS) is 24.8. The van der Waals surface area contributed by atoms with Crippen LogP contribution >= 0.6 is 0 Å². The Morgan fingerprint density at radius 2 is 1.94 bits per heavy atom. The molecule has 1 fully saturated rings. The van der Waals surface area contributed by atoms with E-state index in [2.05, 4.69) is 0 Å². The van der Waals surface area contributed by atoms with Crippen LogP contribution in [0.25, 0.3) is 0 Å². The van der Waals surface area contributed by atoms with E-state index in [1.165, 1.54) is 0 Å². The van der Waals surface area contributed by atoms with Crippen LogP contribution in [0.3, 0.4) is 0 Å². The minimum atomic E-state index is 0.108. The van der Waals surface area contributed by atoms with Gasteiger partial charge in [0, 0.05) is 5.56 Å². The Morgan fingerprint density at radius 3 is 2.53 bits per heavy atom. The Balaban J connectivity index is 2.24. The quantitative estimate of drug-likeness (QED) is 0.744. The fourth-order valence-corrected chi connectivity index (χ4v) is 2.33. The number of morpholine rings is 1. The van der Waals surface area contributed by atoms with E-state index >= 15 is 0 Å². The molecule has 1 aromatic rings. The third-order valence-electron chi connectivity index (χ3n) is 3.17. The van der Waals surface area contributed by atoms with Crippen molar-refractivity contribution in [3.63, 3.8) is 0 Å². The Hall–Kier alpha value is -1.35. The molecule has 1 aliphatic heterocycles. The summed E-state index contributed by atoms with van der Waals surface area (Å²) in [5.41, 5.74) is 1.88. The van der Waals surface area contributed by atoms with E-state index in [0.717, 1.165) is 11.1 Å². The average Bonchev–Trinajstić information content (AvgIpc) is 2.28. The van der Waals surface area contributed by atoms with Gasteiger partial charge in [-0.15, -0.1) is 0 Å². The van der Waals surface area contributed by atoms with E-state index in [9.17, 15) is 4.79 Å². The van der Waals surface area contributed by atoms with Gasteiger partial charge in [-0.3, -0.25) is 4.79 Å². The van der Waals surface area contributed by atoms with Gasteiger partial charge < -0.3 is 9.64 Å². The lowest BCUT2D eigenvalue weighted by atomic mass is 10.1. The first-order chi connectivity index (χ1) is 8.09. The van der Waals surface area contributed by atoms with Gasteiger partial charge in [0.05, 0.1) is 25.3 Å². The van der Waals surface area contributed by atoms with Crippen LogP contribution in [-0.2, 0) is 4.74 Å². The molecule has 0 aromatic heterocycles. The number of nitrogens with zero attached hydrogens (tertiary/aromatic N) is 1. The first-order valence-corrected chi connectivity index (χ1v) is 6.06. The number of aryl methyl sites for hydroxylation is 1. The molecule has 2 unspecified atom stereocenters. The molecule has 1 aromatic carbocycles. The van der Waals surface area contributed by atoms with Crippen LogP contribution in [0.2, 0.25) is 0 Å². The zero-order valence-corrected chi connectivity index (χ0v) is 10.6. The zero-order chi connectivity index (χ0) is 12.4. The largest absolute Gasteiger partial charge is 0.377 e. The number of benzene rings is 1. The van der Waals surface area contributed by atoms with Crippen LogP contribution in [0.1, 0.15) is 29.8 Å². The summed E-state index contributed by atoms with van der Waals surface area (Å²) in [6.45, 7) is 7.32. The number of carbonyl (C=O) groups is 1. The summed E-state index contributed by atoms with van der Waals surface area (Å²) >= 11 is 0. The lowest BCUT2D eigenvalue weighted by molar-refractivity contribution is -0.0249. The van der Waals surface area contributed by atoms with Crippen molar-refractivity contribution in [2.75, 3.05) is 13.2 Å². The molecule has 0 spiro atoms. The third-order valence-corrected chi connectivity index (χ3v) is 3.17. The van der Waals surface area contributed by atoms with E-state index in [4.69, 9.17) is 4.74 Å². The first kappa shape index (κ1) is 12.1. The molecule has 2 rings (SSSR count). The van der Waals surface area contributed by atoms with Crippen LogP contribution < -0.4 is 0 Å².